The van der Waals surface area contributed by atoms with Crippen LogP contribution >= 0.6 is 0 Å². The van der Waals surface area contributed by atoms with Crippen molar-refractivity contribution in [1.82, 2.24) is 4.98 Å². The molecule has 2 aromatic rings. The molecule has 0 amide bonds. The number of rotatable bonds is 3. The highest BCUT2D eigenvalue weighted by molar-refractivity contribution is 7.84. The van der Waals surface area contributed by atoms with Crippen LogP contribution in [0.15, 0.2) is 36.4 Å². The van der Waals surface area contributed by atoms with Gasteiger partial charge in [-0.3, -0.25) is 9.17 Å². The van der Waals surface area contributed by atoms with E-state index < -0.39 is 10.3 Å². The lowest BCUT2D eigenvalue weighted by Gasteiger charge is -2.02. The number of fused-ring (bicyclic) bond motifs is 1. The van der Waals surface area contributed by atoms with Crippen molar-refractivity contribution in [1.29, 1.82) is 0 Å². The maximum Gasteiger partial charge on any atom is 0.333 e. The van der Waals surface area contributed by atoms with Crippen LogP contribution in [0.3, 0.4) is 0 Å². The van der Waals surface area contributed by atoms with Crippen LogP contribution < -0.4 is 5.14 Å². The second kappa shape index (κ2) is 4.17. The molecule has 0 aliphatic rings. The van der Waals surface area contributed by atoms with Crippen LogP contribution in [0.5, 0.6) is 0 Å². The van der Waals surface area contributed by atoms with Gasteiger partial charge < -0.3 is 0 Å². The van der Waals surface area contributed by atoms with E-state index in [9.17, 15) is 8.42 Å². The molecule has 0 spiro atoms. The summed E-state index contributed by atoms with van der Waals surface area (Å²) in [5, 5.41) is 5.71. The monoisotopic (exact) mass is 238 g/mol. The third kappa shape index (κ3) is 2.75. The average Bonchev–Trinajstić information content (AvgIpc) is 2.25. The summed E-state index contributed by atoms with van der Waals surface area (Å²) in [6, 6.07) is 11.1. The number of nitrogens with zero attached hydrogens (tertiary/aromatic N) is 1. The summed E-state index contributed by atoms with van der Waals surface area (Å²) in [5.74, 6) is 0. The fraction of sp³-hybridized carbons (Fsp3) is 0.100. The van der Waals surface area contributed by atoms with E-state index in [1.165, 1.54) is 0 Å². The van der Waals surface area contributed by atoms with Crippen LogP contribution in [0, 0.1) is 0 Å². The largest absolute Gasteiger partial charge is 0.333 e. The predicted molar refractivity (Wildman–Crippen MR) is 59.6 cm³/mol. The second-order valence-corrected chi connectivity index (χ2v) is 4.47. The minimum Gasteiger partial charge on any atom is -0.252 e. The van der Waals surface area contributed by atoms with Crippen LogP contribution in [0.1, 0.15) is 5.69 Å². The van der Waals surface area contributed by atoms with Gasteiger partial charge in [-0.2, -0.15) is 8.42 Å². The predicted octanol–water partition coefficient (Wildman–Crippen LogP) is 0.955. The minimum atomic E-state index is -3.92. The van der Waals surface area contributed by atoms with E-state index in [2.05, 4.69) is 9.17 Å². The first-order valence-electron chi connectivity index (χ1n) is 4.56. The van der Waals surface area contributed by atoms with Crippen LogP contribution in [0.4, 0.5) is 0 Å². The smallest absolute Gasteiger partial charge is 0.252 e. The van der Waals surface area contributed by atoms with E-state index in [1.807, 2.05) is 30.3 Å². The molecule has 5 nitrogen and oxygen atoms in total. The van der Waals surface area contributed by atoms with Gasteiger partial charge in [0.25, 0.3) is 0 Å². The van der Waals surface area contributed by atoms with Gasteiger partial charge >= 0.3 is 10.3 Å². The molecule has 0 aliphatic heterocycles. The zero-order valence-electron chi connectivity index (χ0n) is 8.33. The molecule has 0 bridgehead atoms. The number of pyridine rings is 1. The third-order valence-electron chi connectivity index (χ3n) is 2.03. The molecule has 0 radical (unpaired) electrons. The van der Waals surface area contributed by atoms with Gasteiger partial charge in [-0.15, -0.1) is 0 Å². The normalized spacial score (nSPS) is 11.8. The summed E-state index contributed by atoms with van der Waals surface area (Å²) in [4.78, 5) is 4.23. The molecule has 0 saturated heterocycles. The first-order chi connectivity index (χ1) is 7.54. The highest BCUT2D eigenvalue weighted by Gasteiger charge is 2.04. The van der Waals surface area contributed by atoms with Crippen LogP contribution in [-0.4, -0.2) is 13.4 Å². The van der Waals surface area contributed by atoms with E-state index in [0.29, 0.717) is 5.69 Å². The summed E-state index contributed by atoms with van der Waals surface area (Å²) >= 11 is 0. The molecule has 2 rings (SSSR count). The fourth-order valence-electron chi connectivity index (χ4n) is 1.33. The van der Waals surface area contributed by atoms with Crippen LogP contribution in [0.2, 0.25) is 0 Å². The molecule has 1 aromatic heterocycles. The van der Waals surface area contributed by atoms with Gasteiger partial charge in [0.1, 0.15) is 6.61 Å². The van der Waals surface area contributed by atoms with Gasteiger partial charge in [0.15, 0.2) is 0 Å². The lowest BCUT2D eigenvalue weighted by molar-refractivity contribution is 0.304. The number of aromatic nitrogens is 1. The minimum absolute atomic E-state index is 0.149. The summed E-state index contributed by atoms with van der Waals surface area (Å²) in [5.41, 5.74) is 1.31. The zero-order valence-corrected chi connectivity index (χ0v) is 9.15. The molecule has 6 heteroatoms. The molecular weight excluding hydrogens is 228 g/mol. The highest BCUT2D eigenvalue weighted by atomic mass is 32.2. The van der Waals surface area contributed by atoms with Crippen LogP contribution in [0.25, 0.3) is 10.9 Å². The Kier molecular flexibility index (Phi) is 2.86. The first kappa shape index (κ1) is 11.0. The highest BCUT2D eigenvalue weighted by Crippen LogP contribution is 2.12. The molecule has 0 atom stereocenters. The molecule has 0 aliphatic carbocycles. The summed E-state index contributed by atoms with van der Waals surface area (Å²) in [6.45, 7) is -0.149. The second-order valence-electron chi connectivity index (χ2n) is 3.25. The van der Waals surface area contributed by atoms with Gasteiger partial charge in [0.2, 0.25) is 0 Å². The molecule has 16 heavy (non-hydrogen) atoms. The average molecular weight is 238 g/mol. The van der Waals surface area contributed by atoms with E-state index in [-0.39, 0.29) is 6.61 Å². The van der Waals surface area contributed by atoms with Crippen molar-refractivity contribution in [2.45, 2.75) is 6.61 Å². The van der Waals surface area contributed by atoms with Crippen LogP contribution in [-0.2, 0) is 21.1 Å². The van der Waals surface area contributed by atoms with Gasteiger partial charge in [-0.1, -0.05) is 24.3 Å². The molecule has 1 heterocycles. The van der Waals surface area contributed by atoms with Crippen molar-refractivity contribution in [3.8, 4) is 0 Å². The Morgan fingerprint density at radius 1 is 1.19 bits per heavy atom. The topological polar surface area (TPSA) is 82.3 Å². The Morgan fingerprint density at radius 2 is 1.94 bits per heavy atom. The summed E-state index contributed by atoms with van der Waals surface area (Å²) in [7, 11) is -3.92. The maximum absolute atomic E-state index is 10.6. The van der Waals surface area contributed by atoms with Crippen molar-refractivity contribution < 1.29 is 12.6 Å². The Bertz CT molecular complexity index is 610. The van der Waals surface area contributed by atoms with E-state index in [1.54, 1.807) is 6.07 Å². The Morgan fingerprint density at radius 3 is 2.69 bits per heavy atom. The Balaban J connectivity index is 2.26. The number of hydrogen-bond donors (Lipinski definition) is 1. The number of nitrogens with two attached hydrogens (primary N) is 1. The lowest BCUT2D eigenvalue weighted by Crippen LogP contribution is -2.15. The van der Waals surface area contributed by atoms with Crippen molar-refractivity contribution in [3.63, 3.8) is 0 Å². The maximum atomic E-state index is 10.6. The standard InChI is InChI=1S/C10H10N2O3S/c11-16(13,14)15-7-9-6-5-8-3-1-2-4-10(8)12-9/h1-6H,7H2,(H2,11,13,14). The lowest BCUT2D eigenvalue weighted by atomic mass is 10.2. The first-order valence-corrected chi connectivity index (χ1v) is 6.03. The Labute approximate surface area is 93.1 Å². The molecule has 0 saturated carbocycles. The van der Waals surface area contributed by atoms with Crippen molar-refractivity contribution in [2.75, 3.05) is 0 Å². The molecular formula is C10H10N2O3S. The van der Waals surface area contributed by atoms with Crippen molar-refractivity contribution in [2.24, 2.45) is 5.14 Å². The molecule has 0 fully saturated rings. The summed E-state index contributed by atoms with van der Waals surface area (Å²) < 4.78 is 25.6. The number of hydrogen-bond acceptors (Lipinski definition) is 4. The fourth-order valence-corrected chi connectivity index (χ4v) is 1.62. The van der Waals surface area contributed by atoms with E-state index in [4.69, 9.17) is 5.14 Å². The van der Waals surface area contributed by atoms with E-state index >= 15 is 0 Å². The van der Waals surface area contributed by atoms with Gasteiger partial charge in [-0.25, -0.2) is 5.14 Å². The van der Waals surface area contributed by atoms with Crippen molar-refractivity contribution >= 4 is 21.2 Å². The quantitative estimate of drug-likeness (QED) is 0.863. The van der Waals surface area contributed by atoms with Crippen molar-refractivity contribution in [3.05, 3.63) is 42.1 Å². The number of benzene rings is 1. The molecule has 1 aromatic carbocycles. The van der Waals surface area contributed by atoms with Gasteiger partial charge in [-0.05, 0) is 12.1 Å². The van der Waals surface area contributed by atoms with E-state index in [0.717, 1.165) is 10.9 Å². The van der Waals surface area contributed by atoms with Gasteiger partial charge in [0, 0.05) is 5.39 Å². The molecule has 84 valence electrons. The SMILES string of the molecule is NS(=O)(=O)OCc1ccc2ccccc2n1. The summed E-state index contributed by atoms with van der Waals surface area (Å²) in [6.07, 6.45) is 0. The molecule has 2 N–H and O–H groups in total. The third-order valence-corrected chi connectivity index (χ3v) is 2.47. The number of para-hydroxylation sites is 1. The molecule has 0 unspecified atom stereocenters. The van der Waals surface area contributed by atoms with Gasteiger partial charge in [0.05, 0.1) is 11.2 Å². The Hall–Kier alpha value is -1.50. The zero-order chi connectivity index (χ0) is 11.6.